The largest absolute Gasteiger partial charge is 0.507 e. The number of benzene rings is 1. The predicted molar refractivity (Wildman–Crippen MR) is 80.9 cm³/mol. The maximum Gasteiger partial charge on any atom is 0.336 e. The van der Waals surface area contributed by atoms with E-state index >= 15 is 0 Å². The molecule has 8 heteroatoms. The second kappa shape index (κ2) is 6.50. The van der Waals surface area contributed by atoms with E-state index < -0.39 is 10.3 Å². The minimum Gasteiger partial charge on any atom is -0.507 e. The number of hydrogen-bond acceptors (Lipinski definition) is 4. The van der Waals surface area contributed by atoms with Crippen LogP contribution in [0.2, 0.25) is 0 Å². The lowest BCUT2D eigenvalue weighted by Gasteiger charge is -2.09. The number of phenols is 1. The van der Waals surface area contributed by atoms with Crippen molar-refractivity contribution >= 4 is 55.5 Å². The van der Waals surface area contributed by atoms with E-state index in [0.29, 0.717) is 9.13 Å². The highest BCUT2D eigenvalue weighted by Gasteiger charge is 2.12. The Balaban J connectivity index is 2.83. The molecule has 0 bridgehead atoms. The molecule has 0 radical (unpaired) electrons. The van der Waals surface area contributed by atoms with E-state index in [1.165, 1.54) is 0 Å². The third-order valence-electron chi connectivity index (χ3n) is 1.82. The SMILES string of the molecule is CCOS(=O)(=O)NCc1cc(I)cc(I)c1O. The number of hydrogen-bond donors (Lipinski definition) is 2. The maximum atomic E-state index is 11.3. The molecule has 0 spiro atoms. The Bertz CT molecular complexity index is 504. The van der Waals surface area contributed by atoms with Gasteiger partial charge < -0.3 is 5.11 Å². The average molecular weight is 483 g/mol. The normalized spacial score (nSPS) is 11.7. The summed E-state index contributed by atoms with van der Waals surface area (Å²) in [6.07, 6.45) is 0. The van der Waals surface area contributed by atoms with Gasteiger partial charge in [-0.3, -0.25) is 4.18 Å². The number of nitrogens with one attached hydrogen (secondary N) is 1. The standard InChI is InChI=1S/C9H11I2NO4S/c1-2-16-17(14,15)12-5-6-3-7(10)4-8(11)9(6)13/h3-4,12-13H,2,5H2,1H3. The molecule has 0 fully saturated rings. The molecule has 0 aromatic heterocycles. The Morgan fingerprint density at radius 3 is 2.65 bits per heavy atom. The highest BCUT2D eigenvalue weighted by molar-refractivity contribution is 14.1. The summed E-state index contributed by atoms with van der Waals surface area (Å²) in [5, 5.41) is 9.76. The van der Waals surface area contributed by atoms with Gasteiger partial charge in [0.05, 0.1) is 10.2 Å². The topological polar surface area (TPSA) is 75.6 Å². The van der Waals surface area contributed by atoms with Gasteiger partial charge in [0.2, 0.25) is 0 Å². The molecule has 2 N–H and O–H groups in total. The highest BCUT2D eigenvalue weighted by Crippen LogP contribution is 2.26. The summed E-state index contributed by atoms with van der Waals surface area (Å²) in [6.45, 7) is 1.66. The third-order valence-corrected chi connectivity index (χ3v) is 4.31. The second-order valence-electron chi connectivity index (χ2n) is 3.08. The third kappa shape index (κ3) is 4.85. The van der Waals surface area contributed by atoms with Gasteiger partial charge >= 0.3 is 10.3 Å². The smallest absolute Gasteiger partial charge is 0.336 e. The van der Waals surface area contributed by atoms with Gasteiger partial charge in [-0.2, -0.15) is 13.1 Å². The maximum absolute atomic E-state index is 11.3. The van der Waals surface area contributed by atoms with Gasteiger partial charge in [0.1, 0.15) is 5.75 Å². The number of halogens is 2. The summed E-state index contributed by atoms with van der Waals surface area (Å²) in [4.78, 5) is 0. The zero-order valence-electron chi connectivity index (χ0n) is 8.91. The van der Waals surface area contributed by atoms with Crippen molar-refractivity contribution < 1.29 is 17.7 Å². The van der Waals surface area contributed by atoms with E-state index in [1.54, 1.807) is 19.1 Å². The molecule has 0 saturated carbocycles. The van der Waals surface area contributed by atoms with Gasteiger partial charge in [-0.05, 0) is 64.2 Å². The van der Waals surface area contributed by atoms with Crippen LogP contribution >= 0.6 is 45.2 Å². The quantitative estimate of drug-likeness (QED) is 0.629. The van der Waals surface area contributed by atoms with Gasteiger partial charge in [0, 0.05) is 15.7 Å². The highest BCUT2D eigenvalue weighted by atomic mass is 127. The number of aromatic hydroxyl groups is 1. The molecule has 0 saturated heterocycles. The van der Waals surface area contributed by atoms with Crippen molar-refractivity contribution in [3.05, 3.63) is 24.8 Å². The van der Waals surface area contributed by atoms with Crippen LogP contribution in [0.3, 0.4) is 0 Å². The van der Waals surface area contributed by atoms with Crippen molar-refractivity contribution in [1.82, 2.24) is 4.72 Å². The van der Waals surface area contributed by atoms with Crippen LogP contribution in [-0.2, 0) is 21.0 Å². The average Bonchev–Trinajstić information content (AvgIpc) is 2.21. The molecule has 0 aliphatic rings. The van der Waals surface area contributed by atoms with Crippen molar-refractivity contribution in [3.63, 3.8) is 0 Å². The van der Waals surface area contributed by atoms with Crippen LogP contribution < -0.4 is 4.72 Å². The van der Waals surface area contributed by atoms with Crippen LogP contribution in [0, 0.1) is 7.14 Å². The summed E-state index contributed by atoms with van der Waals surface area (Å²) >= 11 is 4.09. The molecule has 0 aliphatic carbocycles. The fraction of sp³-hybridized carbons (Fsp3) is 0.333. The Morgan fingerprint density at radius 1 is 1.41 bits per heavy atom. The molecule has 1 aromatic carbocycles. The first kappa shape index (κ1) is 15.4. The lowest BCUT2D eigenvalue weighted by atomic mass is 10.2. The van der Waals surface area contributed by atoms with Crippen molar-refractivity contribution in [2.75, 3.05) is 6.61 Å². The first-order valence-corrected chi connectivity index (χ1v) is 8.23. The van der Waals surface area contributed by atoms with Crippen LogP contribution in [-0.4, -0.2) is 20.1 Å². The van der Waals surface area contributed by atoms with Crippen LogP contribution in [0.1, 0.15) is 12.5 Å². The molecule has 0 unspecified atom stereocenters. The fourth-order valence-electron chi connectivity index (χ4n) is 1.12. The molecule has 96 valence electrons. The monoisotopic (exact) mass is 483 g/mol. The molecule has 0 atom stereocenters. The fourth-order valence-corrected chi connectivity index (χ4v) is 3.81. The Labute approximate surface area is 127 Å². The van der Waals surface area contributed by atoms with Crippen molar-refractivity contribution in [3.8, 4) is 5.75 Å². The molecule has 0 aliphatic heterocycles. The van der Waals surface area contributed by atoms with Gasteiger partial charge in [-0.25, -0.2) is 0 Å². The molecule has 0 heterocycles. The Morgan fingerprint density at radius 2 is 2.06 bits per heavy atom. The van der Waals surface area contributed by atoms with E-state index in [4.69, 9.17) is 0 Å². The summed E-state index contributed by atoms with van der Waals surface area (Å²) in [6, 6.07) is 3.52. The second-order valence-corrected chi connectivity index (χ2v) is 6.92. The van der Waals surface area contributed by atoms with Crippen molar-refractivity contribution in [2.45, 2.75) is 13.5 Å². The first-order chi connectivity index (χ1) is 7.85. The Kier molecular flexibility index (Phi) is 5.89. The lowest BCUT2D eigenvalue weighted by molar-refractivity contribution is 0.329. The molecule has 17 heavy (non-hydrogen) atoms. The van der Waals surface area contributed by atoms with Gasteiger partial charge in [0.15, 0.2) is 0 Å². The number of rotatable bonds is 5. The van der Waals surface area contributed by atoms with Gasteiger partial charge in [0.25, 0.3) is 0 Å². The molecular weight excluding hydrogens is 472 g/mol. The van der Waals surface area contributed by atoms with Gasteiger partial charge in [-0.15, -0.1) is 0 Å². The summed E-state index contributed by atoms with van der Waals surface area (Å²) in [7, 11) is -3.74. The first-order valence-electron chi connectivity index (χ1n) is 4.66. The summed E-state index contributed by atoms with van der Waals surface area (Å²) in [5.74, 6) is 0.0882. The zero-order chi connectivity index (χ0) is 13.1. The lowest BCUT2D eigenvalue weighted by Crippen LogP contribution is -2.25. The molecule has 1 aromatic rings. The van der Waals surface area contributed by atoms with E-state index in [1.807, 2.05) is 22.6 Å². The van der Waals surface area contributed by atoms with Crippen LogP contribution in [0.5, 0.6) is 5.75 Å². The molecule has 0 amide bonds. The zero-order valence-corrected chi connectivity index (χ0v) is 14.0. The van der Waals surface area contributed by atoms with Crippen molar-refractivity contribution in [1.29, 1.82) is 0 Å². The summed E-state index contributed by atoms with van der Waals surface area (Å²) in [5.41, 5.74) is 0.518. The van der Waals surface area contributed by atoms with Crippen LogP contribution in [0.4, 0.5) is 0 Å². The summed E-state index contributed by atoms with van der Waals surface area (Å²) < 4.78 is 30.9. The van der Waals surface area contributed by atoms with Crippen LogP contribution in [0.15, 0.2) is 12.1 Å². The molecule has 5 nitrogen and oxygen atoms in total. The van der Waals surface area contributed by atoms with Crippen molar-refractivity contribution in [2.24, 2.45) is 0 Å². The molecule has 1 rings (SSSR count). The minimum atomic E-state index is -3.74. The van der Waals surface area contributed by atoms with E-state index in [-0.39, 0.29) is 18.9 Å². The van der Waals surface area contributed by atoms with Crippen LogP contribution in [0.25, 0.3) is 0 Å². The van der Waals surface area contributed by atoms with E-state index in [0.717, 1.165) is 3.57 Å². The predicted octanol–water partition coefficient (Wildman–Crippen LogP) is 1.97. The van der Waals surface area contributed by atoms with Gasteiger partial charge in [-0.1, -0.05) is 0 Å². The Hall–Kier alpha value is 0.350. The van der Waals surface area contributed by atoms with E-state index in [9.17, 15) is 13.5 Å². The molecular formula is C9H11I2NO4S. The number of phenolic OH excluding ortho intramolecular Hbond substituents is 1. The minimum absolute atomic E-state index is 0.00100. The van der Waals surface area contributed by atoms with E-state index in [2.05, 4.69) is 31.5 Å².